The number of anilines is 1. The normalized spacial score (nSPS) is 9.73. The molecule has 1 heterocycles. The second-order valence-corrected chi connectivity index (χ2v) is 3.33. The second-order valence-electron chi connectivity index (χ2n) is 3.33. The molecular formula is C11H14ClN3. The second kappa shape index (κ2) is 4.36. The number of hydrogen-bond acceptors (Lipinski definition) is 2. The number of nitrogens with two attached hydrogens (primary N) is 1. The molecule has 1 aromatic carbocycles. The van der Waals surface area contributed by atoms with Crippen molar-refractivity contribution in [2.75, 3.05) is 5.73 Å². The van der Waals surface area contributed by atoms with E-state index in [0.717, 1.165) is 22.8 Å². The van der Waals surface area contributed by atoms with E-state index < -0.39 is 0 Å². The van der Waals surface area contributed by atoms with Crippen LogP contribution in [0.25, 0.3) is 5.69 Å². The van der Waals surface area contributed by atoms with E-state index >= 15 is 0 Å². The Bertz CT molecular complexity index is 448. The molecule has 0 saturated heterocycles. The minimum Gasteiger partial charge on any atom is -0.396 e. The van der Waals surface area contributed by atoms with Crippen LogP contribution in [0, 0.1) is 13.8 Å². The van der Waals surface area contributed by atoms with Crippen molar-refractivity contribution in [2.45, 2.75) is 13.8 Å². The van der Waals surface area contributed by atoms with Gasteiger partial charge in [-0.25, -0.2) is 4.68 Å². The molecule has 0 bridgehead atoms. The number of para-hydroxylation sites is 1. The average molecular weight is 224 g/mol. The predicted molar refractivity (Wildman–Crippen MR) is 64.7 cm³/mol. The first-order valence-electron chi connectivity index (χ1n) is 4.57. The summed E-state index contributed by atoms with van der Waals surface area (Å²) >= 11 is 0. The van der Waals surface area contributed by atoms with Crippen LogP contribution >= 0.6 is 12.4 Å². The molecule has 0 fully saturated rings. The van der Waals surface area contributed by atoms with Crippen molar-refractivity contribution < 1.29 is 0 Å². The van der Waals surface area contributed by atoms with Crippen molar-refractivity contribution in [1.82, 2.24) is 9.78 Å². The van der Waals surface area contributed by atoms with Crippen molar-refractivity contribution in [3.63, 3.8) is 0 Å². The van der Waals surface area contributed by atoms with Gasteiger partial charge in [-0.3, -0.25) is 0 Å². The van der Waals surface area contributed by atoms with Gasteiger partial charge in [-0.1, -0.05) is 18.2 Å². The lowest BCUT2D eigenvalue weighted by Crippen LogP contribution is -1.98. The van der Waals surface area contributed by atoms with Gasteiger partial charge >= 0.3 is 0 Å². The van der Waals surface area contributed by atoms with Gasteiger partial charge in [0.1, 0.15) is 0 Å². The Labute approximate surface area is 95.3 Å². The Hall–Kier alpha value is -1.48. The van der Waals surface area contributed by atoms with Gasteiger partial charge in [-0.15, -0.1) is 12.4 Å². The highest BCUT2D eigenvalue weighted by Crippen LogP contribution is 2.18. The standard InChI is InChI=1S/C11H13N3.ClH/c1-8-11(12)9(2)14(13-8)10-6-4-3-5-7-10;/h3-7H,12H2,1-2H3;1H. The van der Waals surface area contributed by atoms with Gasteiger partial charge in [0.2, 0.25) is 0 Å². The van der Waals surface area contributed by atoms with Crippen molar-refractivity contribution in [3.8, 4) is 5.69 Å². The maximum absolute atomic E-state index is 5.86. The van der Waals surface area contributed by atoms with Crippen LogP contribution in [-0.2, 0) is 0 Å². The van der Waals surface area contributed by atoms with Crippen LogP contribution in [0.1, 0.15) is 11.4 Å². The smallest absolute Gasteiger partial charge is 0.0830 e. The number of hydrogen-bond donors (Lipinski definition) is 1. The van der Waals surface area contributed by atoms with Gasteiger partial charge in [-0.05, 0) is 26.0 Å². The molecule has 0 saturated carbocycles. The molecule has 0 radical (unpaired) electrons. The zero-order chi connectivity index (χ0) is 10.1. The van der Waals surface area contributed by atoms with Crippen molar-refractivity contribution in [3.05, 3.63) is 41.7 Å². The van der Waals surface area contributed by atoms with Crippen LogP contribution in [0.3, 0.4) is 0 Å². The summed E-state index contributed by atoms with van der Waals surface area (Å²) in [4.78, 5) is 0. The minimum atomic E-state index is 0. The summed E-state index contributed by atoms with van der Waals surface area (Å²) in [5, 5.41) is 4.37. The van der Waals surface area contributed by atoms with E-state index in [1.165, 1.54) is 0 Å². The average Bonchev–Trinajstić information content (AvgIpc) is 2.47. The molecule has 15 heavy (non-hydrogen) atoms. The number of nitrogens with zero attached hydrogens (tertiary/aromatic N) is 2. The number of aromatic nitrogens is 2. The summed E-state index contributed by atoms with van der Waals surface area (Å²) in [6.07, 6.45) is 0. The summed E-state index contributed by atoms with van der Waals surface area (Å²) in [5.41, 5.74) is 9.55. The van der Waals surface area contributed by atoms with E-state index in [2.05, 4.69) is 5.10 Å². The van der Waals surface area contributed by atoms with E-state index in [4.69, 9.17) is 5.73 Å². The Morgan fingerprint density at radius 1 is 1.13 bits per heavy atom. The molecule has 0 spiro atoms. The molecule has 0 aliphatic carbocycles. The Balaban J connectivity index is 0.00000112. The number of nitrogen functional groups attached to an aromatic ring is 1. The first-order chi connectivity index (χ1) is 6.70. The van der Waals surface area contributed by atoms with Gasteiger partial charge in [0.25, 0.3) is 0 Å². The molecule has 0 unspecified atom stereocenters. The van der Waals surface area contributed by atoms with Gasteiger partial charge in [0, 0.05) is 0 Å². The highest BCUT2D eigenvalue weighted by Gasteiger charge is 2.08. The van der Waals surface area contributed by atoms with Crippen molar-refractivity contribution in [2.24, 2.45) is 0 Å². The third-order valence-electron chi connectivity index (χ3n) is 2.35. The van der Waals surface area contributed by atoms with Gasteiger partial charge in [-0.2, -0.15) is 5.10 Å². The van der Waals surface area contributed by atoms with E-state index in [0.29, 0.717) is 0 Å². The largest absolute Gasteiger partial charge is 0.396 e. The summed E-state index contributed by atoms with van der Waals surface area (Å²) in [6, 6.07) is 9.99. The number of benzene rings is 1. The Morgan fingerprint density at radius 2 is 1.73 bits per heavy atom. The first kappa shape index (κ1) is 11.6. The fourth-order valence-electron chi connectivity index (χ4n) is 1.48. The topological polar surface area (TPSA) is 43.8 Å². The van der Waals surface area contributed by atoms with Crippen LogP contribution in [0.4, 0.5) is 5.69 Å². The summed E-state index contributed by atoms with van der Waals surface area (Å²) in [5.74, 6) is 0. The number of aryl methyl sites for hydroxylation is 1. The van der Waals surface area contributed by atoms with Crippen LogP contribution in [-0.4, -0.2) is 9.78 Å². The van der Waals surface area contributed by atoms with Crippen molar-refractivity contribution >= 4 is 18.1 Å². The van der Waals surface area contributed by atoms with E-state index in [1.54, 1.807) is 0 Å². The zero-order valence-corrected chi connectivity index (χ0v) is 9.58. The molecular weight excluding hydrogens is 210 g/mol. The highest BCUT2D eigenvalue weighted by atomic mass is 35.5. The number of halogens is 1. The lowest BCUT2D eigenvalue weighted by atomic mass is 10.3. The molecule has 1 aromatic heterocycles. The summed E-state index contributed by atoms with van der Waals surface area (Å²) in [6.45, 7) is 3.89. The van der Waals surface area contributed by atoms with E-state index in [-0.39, 0.29) is 12.4 Å². The maximum atomic E-state index is 5.86. The third kappa shape index (κ3) is 1.97. The summed E-state index contributed by atoms with van der Waals surface area (Å²) < 4.78 is 1.87. The summed E-state index contributed by atoms with van der Waals surface area (Å²) in [7, 11) is 0. The first-order valence-corrected chi connectivity index (χ1v) is 4.57. The lowest BCUT2D eigenvalue weighted by Gasteiger charge is -2.02. The van der Waals surface area contributed by atoms with E-state index in [1.807, 2.05) is 48.9 Å². The Kier molecular flexibility index (Phi) is 3.37. The fourth-order valence-corrected chi connectivity index (χ4v) is 1.48. The number of rotatable bonds is 1. The SMILES string of the molecule is Cc1nn(-c2ccccc2)c(C)c1N.Cl. The van der Waals surface area contributed by atoms with Crippen LogP contribution in [0.5, 0.6) is 0 Å². The minimum absolute atomic E-state index is 0. The van der Waals surface area contributed by atoms with Gasteiger partial charge < -0.3 is 5.73 Å². The van der Waals surface area contributed by atoms with Gasteiger partial charge in [0.05, 0.1) is 22.8 Å². The molecule has 2 rings (SSSR count). The zero-order valence-electron chi connectivity index (χ0n) is 8.77. The van der Waals surface area contributed by atoms with Crippen LogP contribution in [0.15, 0.2) is 30.3 Å². The van der Waals surface area contributed by atoms with Crippen LogP contribution < -0.4 is 5.73 Å². The van der Waals surface area contributed by atoms with Crippen LogP contribution in [0.2, 0.25) is 0 Å². The quantitative estimate of drug-likeness (QED) is 0.807. The Morgan fingerprint density at radius 3 is 2.20 bits per heavy atom. The molecule has 80 valence electrons. The molecule has 0 aliphatic heterocycles. The molecule has 0 aliphatic rings. The monoisotopic (exact) mass is 223 g/mol. The molecule has 2 aromatic rings. The molecule has 0 atom stereocenters. The molecule has 4 heteroatoms. The third-order valence-corrected chi connectivity index (χ3v) is 2.35. The maximum Gasteiger partial charge on any atom is 0.0830 e. The lowest BCUT2D eigenvalue weighted by molar-refractivity contribution is 0.834. The highest BCUT2D eigenvalue weighted by molar-refractivity contribution is 5.85. The fraction of sp³-hybridized carbons (Fsp3) is 0.182. The van der Waals surface area contributed by atoms with Gasteiger partial charge in [0.15, 0.2) is 0 Å². The molecule has 0 amide bonds. The predicted octanol–water partition coefficient (Wildman–Crippen LogP) is 2.49. The van der Waals surface area contributed by atoms with Crippen molar-refractivity contribution in [1.29, 1.82) is 0 Å². The molecule has 2 N–H and O–H groups in total. The van der Waals surface area contributed by atoms with E-state index in [9.17, 15) is 0 Å². The molecule has 3 nitrogen and oxygen atoms in total.